The number of fused-ring (bicyclic) bond motifs is 1. The second-order valence-corrected chi connectivity index (χ2v) is 8.43. The molecule has 1 fully saturated rings. The fourth-order valence-corrected chi connectivity index (χ4v) is 4.38. The lowest BCUT2D eigenvalue weighted by Gasteiger charge is -2.29. The van der Waals surface area contributed by atoms with Crippen molar-refractivity contribution in [3.05, 3.63) is 76.6 Å². The van der Waals surface area contributed by atoms with Gasteiger partial charge in [0.25, 0.3) is 0 Å². The van der Waals surface area contributed by atoms with Gasteiger partial charge < -0.3 is 9.84 Å². The summed E-state index contributed by atoms with van der Waals surface area (Å²) in [6, 6.07) is 11.7. The van der Waals surface area contributed by atoms with Crippen molar-refractivity contribution in [1.29, 1.82) is 0 Å². The highest BCUT2D eigenvalue weighted by molar-refractivity contribution is 6.00. The first-order valence-corrected chi connectivity index (χ1v) is 11.0. The number of hydrogen-bond acceptors (Lipinski definition) is 8. The predicted molar refractivity (Wildman–Crippen MR) is 119 cm³/mol. The summed E-state index contributed by atoms with van der Waals surface area (Å²) < 4.78 is 6.95. The van der Waals surface area contributed by atoms with Gasteiger partial charge in [0.15, 0.2) is 5.69 Å². The van der Waals surface area contributed by atoms with Crippen LogP contribution in [0.2, 0.25) is 0 Å². The number of carboxylic acids is 1. The van der Waals surface area contributed by atoms with Gasteiger partial charge in [0, 0.05) is 25.1 Å². The van der Waals surface area contributed by atoms with Gasteiger partial charge in [-0.15, -0.1) is 5.10 Å². The molecule has 178 valence electrons. The number of carbonyl (C=O) groups is 4. The van der Waals surface area contributed by atoms with Gasteiger partial charge in [-0.2, -0.15) is 0 Å². The van der Waals surface area contributed by atoms with E-state index in [9.17, 15) is 24.3 Å². The molecule has 2 aromatic carbocycles. The van der Waals surface area contributed by atoms with Crippen molar-refractivity contribution in [3.63, 3.8) is 0 Å². The number of carbonyl (C=O) groups excluding carboxylic acids is 3. The van der Waals surface area contributed by atoms with E-state index in [0.717, 1.165) is 16.7 Å². The van der Waals surface area contributed by atoms with E-state index in [2.05, 4.69) is 15.6 Å². The summed E-state index contributed by atoms with van der Waals surface area (Å²) in [5.74, 6) is -1.78. The van der Waals surface area contributed by atoms with Crippen molar-refractivity contribution >= 4 is 23.8 Å². The first-order chi connectivity index (χ1) is 16.9. The molecule has 0 bridgehead atoms. The first kappa shape index (κ1) is 22.4. The van der Waals surface area contributed by atoms with Crippen LogP contribution in [0.4, 0.5) is 0 Å². The molecule has 11 heteroatoms. The minimum Gasteiger partial charge on any atom is -0.476 e. The van der Waals surface area contributed by atoms with E-state index in [0.29, 0.717) is 37.2 Å². The second-order valence-electron chi connectivity index (χ2n) is 8.43. The minimum atomic E-state index is -1.12. The predicted octanol–water partition coefficient (Wildman–Crippen LogP) is 1.36. The molecule has 0 radical (unpaired) electrons. The van der Waals surface area contributed by atoms with Crippen LogP contribution in [0.25, 0.3) is 0 Å². The molecular weight excluding hydrogens is 454 g/mol. The average molecular weight is 475 g/mol. The van der Waals surface area contributed by atoms with E-state index < -0.39 is 18.0 Å². The maximum atomic E-state index is 12.8. The minimum absolute atomic E-state index is 0.0298. The number of rotatable bonds is 6. The number of hydrogen-bond donors (Lipinski definition) is 2. The SMILES string of the molecule is O=C1CCC(N2Cc3cccc(OC(=O)c4ccc(Cn5nncc5C(=O)O)cc4)c3C2)C(=O)N1. The molecule has 3 aromatic rings. The average Bonchev–Trinajstić information content (AvgIpc) is 3.47. The normalized spacial score (nSPS) is 17.7. The fourth-order valence-electron chi connectivity index (χ4n) is 4.38. The van der Waals surface area contributed by atoms with Crippen LogP contribution in [0.1, 0.15) is 50.4 Å². The van der Waals surface area contributed by atoms with E-state index in [1.807, 2.05) is 11.0 Å². The Morgan fingerprint density at radius 2 is 1.91 bits per heavy atom. The Bertz CT molecular complexity index is 1330. The molecule has 5 rings (SSSR count). The Kier molecular flexibility index (Phi) is 5.83. The van der Waals surface area contributed by atoms with Crippen molar-refractivity contribution in [3.8, 4) is 5.75 Å². The van der Waals surface area contributed by atoms with Gasteiger partial charge in [0.2, 0.25) is 11.8 Å². The van der Waals surface area contributed by atoms with Gasteiger partial charge >= 0.3 is 11.9 Å². The monoisotopic (exact) mass is 475 g/mol. The number of piperidine rings is 1. The molecule has 0 saturated carbocycles. The smallest absolute Gasteiger partial charge is 0.355 e. The molecule has 1 unspecified atom stereocenters. The molecule has 1 aromatic heterocycles. The van der Waals surface area contributed by atoms with Crippen LogP contribution in [0.15, 0.2) is 48.7 Å². The molecule has 2 aliphatic rings. The van der Waals surface area contributed by atoms with Crippen molar-refractivity contribution in [2.24, 2.45) is 0 Å². The number of ether oxygens (including phenoxy) is 1. The van der Waals surface area contributed by atoms with Gasteiger partial charge in [-0.3, -0.25) is 19.8 Å². The van der Waals surface area contributed by atoms with Crippen molar-refractivity contribution < 1.29 is 29.0 Å². The summed E-state index contributed by atoms with van der Waals surface area (Å²) in [5, 5.41) is 19.0. The van der Waals surface area contributed by atoms with Crippen LogP contribution in [-0.4, -0.2) is 54.8 Å². The number of nitrogens with zero attached hydrogens (tertiary/aromatic N) is 4. The largest absolute Gasteiger partial charge is 0.476 e. The van der Waals surface area contributed by atoms with Crippen LogP contribution < -0.4 is 10.1 Å². The van der Waals surface area contributed by atoms with Gasteiger partial charge in [-0.05, 0) is 35.7 Å². The topological polar surface area (TPSA) is 144 Å². The molecule has 3 heterocycles. The Balaban J connectivity index is 1.26. The van der Waals surface area contributed by atoms with Crippen LogP contribution in [0, 0.1) is 0 Å². The number of nitrogens with one attached hydrogen (secondary N) is 1. The summed E-state index contributed by atoms with van der Waals surface area (Å²) in [4.78, 5) is 49.7. The fraction of sp³-hybridized carbons (Fsp3) is 0.250. The molecule has 0 spiro atoms. The zero-order valence-corrected chi connectivity index (χ0v) is 18.5. The summed E-state index contributed by atoms with van der Waals surface area (Å²) in [5.41, 5.74) is 2.86. The summed E-state index contributed by atoms with van der Waals surface area (Å²) in [6.07, 6.45) is 1.94. The number of benzene rings is 2. The molecule has 1 atom stereocenters. The first-order valence-electron chi connectivity index (χ1n) is 11.0. The molecule has 35 heavy (non-hydrogen) atoms. The van der Waals surface area contributed by atoms with Crippen LogP contribution in [0.3, 0.4) is 0 Å². The zero-order valence-electron chi connectivity index (χ0n) is 18.5. The van der Waals surface area contributed by atoms with Crippen LogP contribution in [0.5, 0.6) is 5.75 Å². The summed E-state index contributed by atoms with van der Waals surface area (Å²) in [7, 11) is 0. The Hall–Kier alpha value is -4.38. The number of amides is 2. The second kappa shape index (κ2) is 9.11. The third-order valence-electron chi connectivity index (χ3n) is 6.18. The van der Waals surface area contributed by atoms with Crippen molar-refractivity contribution in [1.82, 2.24) is 25.2 Å². The van der Waals surface area contributed by atoms with Gasteiger partial charge in [0.1, 0.15) is 5.75 Å². The van der Waals surface area contributed by atoms with Gasteiger partial charge in [0.05, 0.1) is 24.3 Å². The lowest BCUT2D eigenvalue weighted by Crippen LogP contribution is -2.50. The maximum absolute atomic E-state index is 12.8. The van der Waals surface area contributed by atoms with E-state index in [1.54, 1.807) is 36.4 Å². The number of aromatic nitrogens is 3. The lowest BCUT2D eigenvalue weighted by molar-refractivity contribution is -0.137. The molecule has 2 amide bonds. The highest BCUT2D eigenvalue weighted by Gasteiger charge is 2.35. The van der Waals surface area contributed by atoms with Crippen LogP contribution in [-0.2, 0) is 29.2 Å². The molecular formula is C24H21N5O6. The summed E-state index contributed by atoms with van der Waals surface area (Å²) >= 11 is 0. The highest BCUT2D eigenvalue weighted by atomic mass is 16.5. The van der Waals surface area contributed by atoms with Crippen LogP contribution >= 0.6 is 0 Å². The van der Waals surface area contributed by atoms with E-state index >= 15 is 0 Å². The van der Waals surface area contributed by atoms with E-state index in [1.165, 1.54) is 10.9 Å². The van der Waals surface area contributed by atoms with E-state index in [-0.39, 0.29) is 24.1 Å². The standard InChI is InChI=1S/C24H21N5O6/c30-21-9-8-18(22(31)26-21)28-12-16-2-1-3-20(17(16)13-28)35-24(34)15-6-4-14(5-7-15)11-29-19(23(32)33)10-25-27-29/h1-7,10,18H,8-9,11-13H2,(H,32,33)(H,26,30,31). The van der Waals surface area contributed by atoms with Crippen molar-refractivity contribution in [2.45, 2.75) is 38.5 Å². The number of carboxylic acid groups (broad SMARTS) is 1. The molecule has 1 saturated heterocycles. The molecule has 0 aliphatic carbocycles. The quantitative estimate of drug-likeness (QED) is 0.307. The number of imide groups is 1. The Labute approximate surface area is 199 Å². The van der Waals surface area contributed by atoms with Gasteiger partial charge in [-0.1, -0.05) is 29.5 Å². The molecule has 2 N–H and O–H groups in total. The summed E-state index contributed by atoms with van der Waals surface area (Å²) in [6.45, 7) is 1.16. The third-order valence-corrected chi connectivity index (χ3v) is 6.18. The highest BCUT2D eigenvalue weighted by Crippen LogP contribution is 2.33. The van der Waals surface area contributed by atoms with Crippen molar-refractivity contribution in [2.75, 3.05) is 0 Å². The number of esters is 1. The third kappa shape index (κ3) is 4.53. The maximum Gasteiger partial charge on any atom is 0.355 e. The number of aromatic carboxylic acids is 1. The molecule has 2 aliphatic heterocycles. The Morgan fingerprint density at radius 3 is 2.66 bits per heavy atom. The Morgan fingerprint density at radius 1 is 1.11 bits per heavy atom. The van der Waals surface area contributed by atoms with E-state index in [4.69, 9.17) is 4.74 Å². The van der Waals surface area contributed by atoms with Gasteiger partial charge in [-0.25, -0.2) is 14.3 Å². The molecule has 11 nitrogen and oxygen atoms in total. The zero-order chi connectivity index (χ0) is 24.5. The lowest BCUT2D eigenvalue weighted by atomic mass is 10.0.